The van der Waals surface area contributed by atoms with Crippen LogP contribution in [0.4, 0.5) is 0 Å². The van der Waals surface area contributed by atoms with E-state index in [0.717, 1.165) is 73.9 Å². The molecule has 2 aromatic heterocycles. The lowest BCUT2D eigenvalue weighted by molar-refractivity contribution is -0.0644. The van der Waals surface area contributed by atoms with Crippen molar-refractivity contribution in [2.24, 2.45) is 24.8 Å². The van der Waals surface area contributed by atoms with Gasteiger partial charge in [-0.15, -0.1) is 0 Å². The molecule has 0 spiro atoms. The van der Waals surface area contributed by atoms with Crippen LogP contribution in [0.3, 0.4) is 0 Å². The van der Waals surface area contributed by atoms with Crippen LogP contribution in [0, 0.1) is 17.8 Å². The number of fused-ring (bicyclic) bond motifs is 5. The highest BCUT2D eigenvalue weighted by atomic mass is 16.5. The zero-order valence-corrected chi connectivity index (χ0v) is 26.5. The summed E-state index contributed by atoms with van der Waals surface area (Å²) in [5.41, 5.74) is 2.49. The summed E-state index contributed by atoms with van der Waals surface area (Å²) in [6.07, 6.45) is 20.6. The molecule has 5 fully saturated rings. The van der Waals surface area contributed by atoms with Crippen molar-refractivity contribution >= 4 is 11.0 Å². The van der Waals surface area contributed by atoms with Crippen LogP contribution in [0.15, 0.2) is 36.7 Å². The summed E-state index contributed by atoms with van der Waals surface area (Å²) in [5.74, 6) is 5.12. The third-order valence-corrected chi connectivity index (χ3v) is 12.3. The number of imidazole rings is 2. The lowest BCUT2D eigenvalue weighted by Gasteiger charge is -2.56. The van der Waals surface area contributed by atoms with E-state index in [4.69, 9.17) is 9.72 Å². The molecule has 8 rings (SSSR count). The van der Waals surface area contributed by atoms with E-state index in [1.54, 1.807) is 0 Å². The van der Waals surface area contributed by atoms with Gasteiger partial charge in [0.2, 0.25) is 0 Å². The topological polar surface area (TPSA) is 51.4 Å². The lowest BCUT2D eigenvalue weighted by atomic mass is 9.71. The summed E-state index contributed by atoms with van der Waals surface area (Å²) >= 11 is 0. The maximum atomic E-state index is 6.08. The smallest absolute Gasteiger partial charge is 0.122 e. The minimum atomic E-state index is 0.310. The first-order chi connectivity index (χ1) is 21.1. The van der Waals surface area contributed by atoms with Crippen molar-refractivity contribution in [1.82, 2.24) is 28.9 Å². The number of piperidine rings is 2. The van der Waals surface area contributed by atoms with Gasteiger partial charge < -0.3 is 13.9 Å². The first-order valence-corrected chi connectivity index (χ1v) is 17.6. The van der Waals surface area contributed by atoms with Crippen molar-refractivity contribution < 1.29 is 4.74 Å². The summed E-state index contributed by atoms with van der Waals surface area (Å²) in [5, 5.41) is 0. The van der Waals surface area contributed by atoms with Gasteiger partial charge in [-0.05, 0) is 74.8 Å². The maximum Gasteiger partial charge on any atom is 0.122 e. The van der Waals surface area contributed by atoms with Crippen LogP contribution in [-0.2, 0) is 24.8 Å². The number of hydrogen-bond donors (Lipinski definition) is 0. The highest BCUT2D eigenvalue weighted by molar-refractivity contribution is 5.76. The number of benzene rings is 1. The fourth-order valence-electron chi connectivity index (χ4n) is 10.2. The van der Waals surface area contributed by atoms with Crippen LogP contribution in [0.25, 0.3) is 11.0 Å². The van der Waals surface area contributed by atoms with Crippen LogP contribution in [-0.4, -0.2) is 72.8 Å². The molecule has 43 heavy (non-hydrogen) atoms. The Hall–Kier alpha value is -2.22. The summed E-state index contributed by atoms with van der Waals surface area (Å²) < 4.78 is 10.9. The molecule has 7 unspecified atom stereocenters. The molecule has 7 nitrogen and oxygen atoms in total. The van der Waals surface area contributed by atoms with Gasteiger partial charge >= 0.3 is 0 Å². The van der Waals surface area contributed by atoms with Crippen molar-refractivity contribution in [2.75, 3.05) is 19.8 Å². The second-order valence-electron chi connectivity index (χ2n) is 15.0. The zero-order valence-electron chi connectivity index (χ0n) is 26.5. The van der Waals surface area contributed by atoms with E-state index in [9.17, 15) is 0 Å². The quantitative estimate of drug-likeness (QED) is 0.337. The van der Waals surface area contributed by atoms with Crippen LogP contribution in [0.2, 0.25) is 0 Å². The van der Waals surface area contributed by atoms with Gasteiger partial charge in [0.1, 0.15) is 11.6 Å². The molecule has 5 heterocycles. The molecule has 1 aromatic carbocycles. The molecular formula is C36H52N6O. The zero-order chi connectivity index (χ0) is 28.9. The van der Waals surface area contributed by atoms with Crippen LogP contribution >= 0.6 is 0 Å². The van der Waals surface area contributed by atoms with E-state index in [-0.39, 0.29) is 0 Å². The first kappa shape index (κ1) is 28.3. The van der Waals surface area contributed by atoms with Crippen molar-refractivity contribution in [3.8, 4) is 0 Å². The van der Waals surface area contributed by atoms with E-state index < -0.39 is 0 Å². The number of aromatic nitrogens is 4. The van der Waals surface area contributed by atoms with E-state index in [1.807, 2.05) is 6.20 Å². The maximum absolute atomic E-state index is 6.08. The predicted octanol–water partition coefficient (Wildman–Crippen LogP) is 6.38. The monoisotopic (exact) mass is 584 g/mol. The SMILES string of the molecule is CC1CCC2CC(n3c(CC4COCCN4Cc4nccn4C)nc4ccccc43)CC1N2C1CC2CCCCC(C2)C1. The average molecular weight is 585 g/mol. The minimum Gasteiger partial charge on any atom is -0.378 e. The largest absolute Gasteiger partial charge is 0.378 e. The van der Waals surface area contributed by atoms with Gasteiger partial charge in [0.15, 0.2) is 0 Å². The molecule has 3 aliphatic heterocycles. The molecule has 4 bridgehead atoms. The van der Waals surface area contributed by atoms with Crippen molar-refractivity contribution in [3.05, 3.63) is 48.3 Å². The second-order valence-corrected chi connectivity index (χ2v) is 15.0. The molecule has 3 aromatic rings. The second kappa shape index (κ2) is 11.9. The summed E-state index contributed by atoms with van der Waals surface area (Å²) in [6.45, 7) is 5.93. The number of aryl methyl sites for hydroxylation is 1. The summed E-state index contributed by atoms with van der Waals surface area (Å²) in [7, 11) is 2.10. The Morgan fingerprint density at radius 1 is 0.884 bits per heavy atom. The van der Waals surface area contributed by atoms with Crippen molar-refractivity contribution in [1.29, 1.82) is 0 Å². The Kier molecular flexibility index (Phi) is 7.85. The Bertz CT molecular complexity index is 1380. The molecule has 0 amide bonds. The number of para-hydroxylation sites is 2. The molecular weight excluding hydrogens is 532 g/mol. The number of ether oxygens (including phenoxy) is 1. The van der Waals surface area contributed by atoms with Gasteiger partial charge in [-0.2, -0.15) is 0 Å². The van der Waals surface area contributed by atoms with Crippen LogP contribution < -0.4 is 0 Å². The average Bonchev–Trinajstić information content (AvgIpc) is 3.54. The molecule has 2 saturated carbocycles. The molecule has 5 aliphatic rings. The molecule has 232 valence electrons. The van der Waals surface area contributed by atoms with Gasteiger partial charge in [0.05, 0.1) is 30.8 Å². The van der Waals surface area contributed by atoms with Crippen molar-refractivity contribution in [2.45, 2.75) is 121 Å². The molecule has 2 aliphatic carbocycles. The molecule has 0 radical (unpaired) electrons. The van der Waals surface area contributed by atoms with Gasteiger partial charge in [0, 0.05) is 62.6 Å². The molecule has 7 heteroatoms. The van der Waals surface area contributed by atoms with Crippen LogP contribution in [0.5, 0.6) is 0 Å². The van der Waals surface area contributed by atoms with Crippen LogP contribution in [0.1, 0.15) is 95.2 Å². The van der Waals surface area contributed by atoms with Gasteiger partial charge in [-0.25, -0.2) is 9.97 Å². The number of hydrogen-bond acceptors (Lipinski definition) is 5. The fraction of sp³-hybridized carbons (Fsp3) is 0.722. The van der Waals surface area contributed by atoms with E-state index in [0.29, 0.717) is 18.1 Å². The molecule has 0 N–H and O–H groups in total. The summed E-state index contributed by atoms with van der Waals surface area (Å²) in [4.78, 5) is 15.7. The van der Waals surface area contributed by atoms with Gasteiger partial charge in [-0.3, -0.25) is 9.80 Å². The highest BCUT2D eigenvalue weighted by Crippen LogP contribution is 2.48. The Labute approximate surface area is 258 Å². The normalized spacial score (nSPS) is 35.7. The molecule has 3 saturated heterocycles. The minimum absolute atomic E-state index is 0.310. The Balaban J connectivity index is 1.08. The third kappa shape index (κ3) is 5.48. The lowest BCUT2D eigenvalue weighted by Crippen LogP contribution is -2.60. The predicted molar refractivity (Wildman–Crippen MR) is 171 cm³/mol. The molecule has 7 atom stereocenters. The number of nitrogens with zero attached hydrogens (tertiary/aromatic N) is 6. The Morgan fingerprint density at radius 2 is 1.72 bits per heavy atom. The van der Waals surface area contributed by atoms with E-state index in [2.05, 4.69) is 68.4 Å². The van der Waals surface area contributed by atoms with Gasteiger partial charge in [0.25, 0.3) is 0 Å². The van der Waals surface area contributed by atoms with E-state index >= 15 is 0 Å². The fourth-order valence-corrected chi connectivity index (χ4v) is 10.2. The Morgan fingerprint density at radius 3 is 2.53 bits per heavy atom. The van der Waals surface area contributed by atoms with Crippen molar-refractivity contribution in [3.63, 3.8) is 0 Å². The first-order valence-electron chi connectivity index (χ1n) is 17.6. The van der Waals surface area contributed by atoms with Gasteiger partial charge in [-0.1, -0.05) is 44.7 Å². The number of rotatable bonds is 6. The van der Waals surface area contributed by atoms with E-state index in [1.165, 1.54) is 82.0 Å². The number of morpholine rings is 1. The standard InChI is InChI=1S/C36H52N6O/c1-25-11-12-28-20-30(21-34(25)41(28)29-18-26-7-3-4-8-27(17-26)19-29)42-33-10-6-5-9-32(33)38-35(42)22-31-24-43-16-15-40(31)23-36-37-13-14-39(36)2/h5-6,9-10,13-14,25-31,34H,3-4,7-8,11-12,15-24H2,1-2H3. The third-order valence-electron chi connectivity index (χ3n) is 12.3. The summed E-state index contributed by atoms with van der Waals surface area (Å²) in [6, 6.07) is 12.0. The highest BCUT2D eigenvalue weighted by Gasteiger charge is 2.47.